The molecule has 1 aromatic heterocycles. The van der Waals surface area contributed by atoms with E-state index in [1.807, 2.05) is 6.07 Å². The summed E-state index contributed by atoms with van der Waals surface area (Å²) in [5, 5.41) is 10.8. The van der Waals surface area contributed by atoms with Gasteiger partial charge in [-0.15, -0.1) is 0 Å². The number of aromatic nitrogens is 1. The van der Waals surface area contributed by atoms with Crippen LogP contribution in [0.3, 0.4) is 0 Å². The van der Waals surface area contributed by atoms with E-state index < -0.39 is 10.8 Å². The van der Waals surface area contributed by atoms with Gasteiger partial charge in [-0.1, -0.05) is 11.3 Å². The van der Waals surface area contributed by atoms with E-state index in [2.05, 4.69) is 4.99 Å². The number of ether oxygens (including phenoxy) is 3. The number of amides is 1. The van der Waals surface area contributed by atoms with Gasteiger partial charge in [-0.25, -0.2) is 0 Å². The van der Waals surface area contributed by atoms with Crippen LogP contribution < -0.4 is 14.3 Å². The second-order valence-corrected chi connectivity index (χ2v) is 7.78. The van der Waals surface area contributed by atoms with E-state index in [0.29, 0.717) is 29.5 Å². The van der Waals surface area contributed by atoms with Gasteiger partial charge < -0.3 is 18.8 Å². The van der Waals surface area contributed by atoms with Crippen molar-refractivity contribution in [2.24, 2.45) is 4.99 Å². The van der Waals surface area contributed by atoms with Gasteiger partial charge in [0, 0.05) is 36.4 Å². The summed E-state index contributed by atoms with van der Waals surface area (Å²) in [7, 11) is 0. The van der Waals surface area contributed by atoms with Gasteiger partial charge in [0.05, 0.1) is 28.2 Å². The molecule has 0 saturated heterocycles. The lowest BCUT2D eigenvalue weighted by Gasteiger charge is -2.18. The third kappa shape index (κ3) is 4.47. The number of carbonyl (C=O) groups excluding carboxylic acids is 2. The fourth-order valence-electron chi connectivity index (χ4n) is 3.22. The van der Waals surface area contributed by atoms with E-state index in [0.717, 1.165) is 10.2 Å². The molecule has 1 aliphatic heterocycles. The number of nitro benzene ring substituents is 1. The number of hydrogen-bond acceptors (Lipinski definition) is 8. The average molecular weight is 457 g/mol. The van der Waals surface area contributed by atoms with Gasteiger partial charge in [0.1, 0.15) is 13.2 Å². The highest BCUT2D eigenvalue weighted by atomic mass is 32.1. The van der Waals surface area contributed by atoms with Crippen molar-refractivity contribution in [2.45, 2.75) is 19.9 Å². The van der Waals surface area contributed by atoms with Gasteiger partial charge in [-0.2, -0.15) is 4.99 Å². The Hall–Kier alpha value is -3.73. The van der Waals surface area contributed by atoms with Crippen molar-refractivity contribution < 1.29 is 28.7 Å². The maximum atomic E-state index is 12.7. The number of non-ortho nitro benzene ring substituents is 1. The number of hydrogen-bond donors (Lipinski definition) is 0. The number of aryl methyl sites for hydroxylation is 1. The van der Waals surface area contributed by atoms with Crippen LogP contribution >= 0.6 is 11.3 Å². The Balaban J connectivity index is 1.75. The Bertz CT molecular complexity index is 1260. The molecule has 0 fully saturated rings. The summed E-state index contributed by atoms with van der Waals surface area (Å²) in [6.45, 7) is 3.15. The molecule has 0 aliphatic carbocycles. The van der Waals surface area contributed by atoms with Crippen molar-refractivity contribution in [2.75, 3.05) is 19.8 Å². The zero-order chi connectivity index (χ0) is 22.7. The molecule has 0 spiro atoms. The van der Waals surface area contributed by atoms with Crippen LogP contribution in [-0.4, -0.2) is 41.2 Å². The van der Waals surface area contributed by atoms with Crippen molar-refractivity contribution >= 4 is 39.1 Å². The zero-order valence-electron chi connectivity index (χ0n) is 17.1. The molecule has 3 aromatic rings. The van der Waals surface area contributed by atoms with Gasteiger partial charge in [0.25, 0.3) is 11.6 Å². The largest absolute Gasteiger partial charge is 0.486 e. The van der Waals surface area contributed by atoms with Crippen molar-refractivity contribution in [3.05, 3.63) is 56.9 Å². The molecular weight excluding hydrogens is 438 g/mol. The monoisotopic (exact) mass is 457 g/mol. The van der Waals surface area contributed by atoms with Gasteiger partial charge in [-0.3, -0.25) is 19.7 Å². The summed E-state index contributed by atoms with van der Waals surface area (Å²) in [5.41, 5.74) is 0.855. The number of benzene rings is 2. The minimum absolute atomic E-state index is 0.104. The average Bonchev–Trinajstić information content (AvgIpc) is 3.11. The lowest BCUT2D eigenvalue weighted by atomic mass is 10.2. The van der Waals surface area contributed by atoms with E-state index in [-0.39, 0.29) is 36.8 Å². The summed E-state index contributed by atoms with van der Waals surface area (Å²) < 4.78 is 18.9. The highest BCUT2D eigenvalue weighted by Gasteiger charge is 2.18. The Morgan fingerprint density at radius 1 is 1.19 bits per heavy atom. The SMILES string of the molecule is CCOC(=O)CCn1c(=NC(=O)c2ccc([N+](=O)[O-])cc2)sc2cc3c(cc21)OCCO3. The quantitative estimate of drug-likeness (QED) is 0.317. The molecule has 166 valence electrons. The van der Waals surface area contributed by atoms with Crippen molar-refractivity contribution in [1.82, 2.24) is 4.57 Å². The molecule has 11 heteroatoms. The predicted octanol–water partition coefficient (Wildman–Crippen LogP) is 3.08. The van der Waals surface area contributed by atoms with Crippen LogP contribution in [0.5, 0.6) is 11.5 Å². The Kier molecular flexibility index (Phi) is 6.17. The van der Waals surface area contributed by atoms with E-state index in [9.17, 15) is 19.7 Å². The normalized spacial score (nSPS) is 13.2. The van der Waals surface area contributed by atoms with Gasteiger partial charge in [0.2, 0.25) is 0 Å². The van der Waals surface area contributed by atoms with Crippen molar-refractivity contribution in [1.29, 1.82) is 0 Å². The molecule has 4 rings (SSSR count). The number of rotatable bonds is 6. The second kappa shape index (κ2) is 9.18. The second-order valence-electron chi connectivity index (χ2n) is 6.78. The van der Waals surface area contributed by atoms with Gasteiger partial charge in [0.15, 0.2) is 16.3 Å². The molecule has 10 nitrogen and oxygen atoms in total. The first-order chi connectivity index (χ1) is 15.5. The first kappa shape index (κ1) is 21.5. The third-order valence-corrected chi connectivity index (χ3v) is 5.75. The van der Waals surface area contributed by atoms with Gasteiger partial charge >= 0.3 is 5.97 Å². The molecule has 0 atom stereocenters. The molecule has 0 saturated carbocycles. The van der Waals surface area contributed by atoms with Crippen LogP contribution in [0.15, 0.2) is 41.4 Å². The van der Waals surface area contributed by atoms with Crippen LogP contribution in [0.4, 0.5) is 5.69 Å². The Labute approximate surface area is 185 Å². The maximum Gasteiger partial charge on any atom is 0.307 e. The number of thiazole rings is 1. The summed E-state index contributed by atoms with van der Waals surface area (Å²) >= 11 is 1.27. The minimum atomic E-state index is -0.548. The number of esters is 1. The van der Waals surface area contributed by atoms with E-state index in [4.69, 9.17) is 14.2 Å². The lowest BCUT2D eigenvalue weighted by molar-refractivity contribution is -0.384. The standard InChI is InChI=1S/C21H19N3O7S/c1-2-29-19(25)7-8-23-15-11-16-17(31-10-9-30-16)12-18(15)32-21(23)22-20(26)13-3-5-14(6-4-13)24(27)28/h3-6,11-12H,2,7-10H2,1H3. The van der Waals surface area contributed by atoms with E-state index in [1.54, 1.807) is 17.6 Å². The van der Waals surface area contributed by atoms with E-state index >= 15 is 0 Å². The summed E-state index contributed by atoms with van der Waals surface area (Å²) in [6, 6.07) is 8.86. The molecule has 1 amide bonds. The molecular formula is C21H19N3O7S. The van der Waals surface area contributed by atoms with Gasteiger partial charge in [-0.05, 0) is 19.1 Å². The molecule has 2 aromatic carbocycles. The fourth-order valence-corrected chi connectivity index (χ4v) is 4.29. The highest BCUT2D eigenvalue weighted by molar-refractivity contribution is 7.16. The molecule has 0 radical (unpaired) electrons. The fraction of sp³-hybridized carbons (Fsp3) is 0.286. The molecule has 0 bridgehead atoms. The smallest absolute Gasteiger partial charge is 0.307 e. The van der Waals surface area contributed by atoms with E-state index in [1.165, 1.54) is 35.6 Å². The van der Waals surface area contributed by atoms with Crippen molar-refractivity contribution in [3.8, 4) is 11.5 Å². The molecule has 1 aliphatic rings. The number of nitro groups is 1. The van der Waals surface area contributed by atoms with Crippen LogP contribution in [0.25, 0.3) is 10.2 Å². The summed E-state index contributed by atoms with van der Waals surface area (Å²) in [4.78, 5) is 39.6. The highest BCUT2D eigenvalue weighted by Crippen LogP contribution is 2.35. The maximum absolute atomic E-state index is 12.7. The number of carbonyl (C=O) groups is 2. The Morgan fingerprint density at radius 3 is 2.53 bits per heavy atom. The predicted molar refractivity (Wildman–Crippen MR) is 115 cm³/mol. The lowest BCUT2D eigenvalue weighted by Crippen LogP contribution is -2.20. The van der Waals surface area contributed by atoms with Crippen LogP contribution in [0.2, 0.25) is 0 Å². The van der Waals surface area contributed by atoms with Crippen LogP contribution in [-0.2, 0) is 16.1 Å². The first-order valence-corrected chi connectivity index (χ1v) is 10.7. The minimum Gasteiger partial charge on any atom is -0.486 e. The molecule has 32 heavy (non-hydrogen) atoms. The molecule has 0 N–H and O–H groups in total. The molecule has 0 unspecified atom stereocenters. The number of nitrogens with zero attached hydrogens (tertiary/aromatic N) is 3. The summed E-state index contributed by atoms with van der Waals surface area (Å²) in [5.74, 6) is 0.286. The molecule has 2 heterocycles. The van der Waals surface area contributed by atoms with Crippen LogP contribution in [0, 0.1) is 10.1 Å². The Morgan fingerprint density at radius 2 is 1.88 bits per heavy atom. The van der Waals surface area contributed by atoms with Crippen LogP contribution in [0.1, 0.15) is 23.7 Å². The number of fused-ring (bicyclic) bond motifs is 2. The third-order valence-electron chi connectivity index (χ3n) is 4.71. The topological polar surface area (TPSA) is 122 Å². The summed E-state index contributed by atoms with van der Waals surface area (Å²) in [6.07, 6.45) is 0.104. The first-order valence-electron chi connectivity index (χ1n) is 9.88. The van der Waals surface area contributed by atoms with Crippen molar-refractivity contribution in [3.63, 3.8) is 0 Å². The zero-order valence-corrected chi connectivity index (χ0v) is 17.9.